The normalized spacial score (nSPS) is 15.6. The number of hydrogen-bond acceptors (Lipinski definition) is 3. The summed E-state index contributed by atoms with van der Waals surface area (Å²) in [5.74, 6) is 0.591. The van der Waals surface area contributed by atoms with Gasteiger partial charge in [0.25, 0.3) is 5.91 Å². The van der Waals surface area contributed by atoms with E-state index in [0.29, 0.717) is 42.6 Å². The summed E-state index contributed by atoms with van der Waals surface area (Å²) in [7, 11) is 1.56. The molecular weight excluding hydrogens is 254 g/mol. The molecule has 1 amide bonds. The zero-order chi connectivity index (χ0) is 13.1. The third-order valence-corrected chi connectivity index (χ3v) is 3.32. The van der Waals surface area contributed by atoms with Crippen LogP contribution in [0.5, 0.6) is 5.75 Å². The van der Waals surface area contributed by atoms with Crippen molar-refractivity contribution in [3.05, 3.63) is 28.3 Å². The maximum atomic E-state index is 12.3. The minimum atomic E-state index is 0.000327. The van der Waals surface area contributed by atoms with Crippen LogP contribution in [0.25, 0.3) is 0 Å². The highest BCUT2D eigenvalue weighted by atomic mass is 35.5. The molecule has 0 atom stereocenters. The fraction of sp³-hybridized carbons (Fsp3) is 0.462. The van der Waals surface area contributed by atoms with Crippen LogP contribution in [-0.2, 0) is 4.74 Å². The third-order valence-electron chi connectivity index (χ3n) is 3.03. The fourth-order valence-electron chi connectivity index (χ4n) is 1.98. The number of nitrogens with zero attached hydrogens (tertiary/aromatic N) is 1. The largest absolute Gasteiger partial charge is 0.495 e. The number of halogens is 1. The number of amides is 1. The summed E-state index contributed by atoms with van der Waals surface area (Å²) in [6.07, 6.45) is 0. The second kappa shape index (κ2) is 5.59. The molecule has 1 aromatic carbocycles. The standard InChI is InChI=1S/C13H16ClNO3/c1-9-7-12(17-2)11(14)8-10(9)13(16)15-3-5-18-6-4-15/h7-8H,3-6H2,1-2H3. The molecule has 18 heavy (non-hydrogen) atoms. The van der Waals surface area contributed by atoms with E-state index in [1.165, 1.54) is 0 Å². The molecule has 5 heteroatoms. The first-order valence-electron chi connectivity index (χ1n) is 5.84. The molecule has 1 aliphatic rings. The van der Waals surface area contributed by atoms with Gasteiger partial charge in [-0.05, 0) is 24.6 Å². The predicted molar refractivity (Wildman–Crippen MR) is 69.5 cm³/mol. The molecule has 0 aromatic heterocycles. The van der Waals surface area contributed by atoms with Gasteiger partial charge >= 0.3 is 0 Å². The Bertz CT molecular complexity index is 456. The first-order chi connectivity index (χ1) is 8.63. The monoisotopic (exact) mass is 269 g/mol. The van der Waals surface area contributed by atoms with Gasteiger partial charge in [0, 0.05) is 18.7 Å². The van der Waals surface area contributed by atoms with Gasteiger partial charge in [-0.2, -0.15) is 0 Å². The molecule has 0 aliphatic carbocycles. The van der Waals surface area contributed by atoms with Gasteiger partial charge in [-0.3, -0.25) is 4.79 Å². The highest BCUT2D eigenvalue weighted by molar-refractivity contribution is 6.32. The zero-order valence-corrected chi connectivity index (χ0v) is 11.3. The lowest BCUT2D eigenvalue weighted by Crippen LogP contribution is -2.40. The Morgan fingerprint density at radius 1 is 1.39 bits per heavy atom. The van der Waals surface area contributed by atoms with E-state index >= 15 is 0 Å². The SMILES string of the molecule is COc1cc(C)c(C(=O)N2CCOCC2)cc1Cl. The zero-order valence-electron chi connectivity index (χ0n) is 10.5. The second-order valence-electron chi connectivity index (χ2n) is 4.21. The lowest BCUT2D eigenvalue weighted by molar-refractivity contribution is 0.0302. The Hall–Kier alpha value is -1.26. The number of benzene rings is 1. The van der Waals surface area contributed by atoms with Crippen molar-refractivity contribution in [3.8, 4) is 5.75 Å². The quantitative estimate of drug-likeness (QED) is 0.826. The van der Waals surface area contributed by atoms with E-state index in [-0.39, 0.29) is 5.91 Å². The van der Waals surface area contributed by atoms with Crippen molar-refractivity contribution in [2.75, 3.05) is 33.4 Å². The van der Waals surface area contributed by atoms with E-state index in [0.717, 1.165) is 5.56 Å². The van der Waals surface area contributed by atoms with Gasteiger partial charge in [0.15, 0.2) is 0 Å². The van der Waals surface area contributed by atoms with Gasteiger partial charge in [0.05, 0.1) is 25.3 Å². The summed E-state index contributed by atoms with van der Waals surface area (Å²) in [5.41, 5.74) is 1.50. The summed E-state index contributed by atoms with van der Waals surface area (Å²) in [5, 5.41) is 0.458. The fourth-order valence-corrected chi connectivity index (χ4v) is 2.22. The third kappa shape index (κ3) is 2.60. The van der Waals surface area contributed by atoms with Crippen LogP contribution in [0.15, 0.2) is 12.1 Å². The van der Waals surface area contributed by atoms with Gasteiger partial charge in [0.2, 0.25) is 0 Å². The van der Waals surface area contributed by atoms with E-state index in [1.807, 2.05) is 6.92 Å². The molecule has 1 fully saturated rings. The average molecular weight is 270 g/mol. The number of carbonyl (C=O) groups excluding carboxylic acids is 1. The summed E-state index contributed by atoms with van der Waals surface area (Å²) < 4.78 is 10.4. The van der Waals surface area contributed by atoms with E-state index in [2.05, 4.69) is 0 Å². The number of morpholine rings is 1. The minimum absolute atomic E-state index is 0.000327. The van der Waals surface area contributed by atoms with E-state index < -0.39 is 0 Å². The maximum absolute atomic E-state index is 12.3. The summed E-state index contributed by atoms with van der Waals surface area (Å²) >= 11 is 6.06. The Balaban J connectivity index is 2.27. The van der Waals surface area contributed by atoms with Crippen LogP contribution in [-0.4, -0.2) is 44.2 Å². The van der Waals surface area contributed by atoms with Crippen molar-refractivity contribution in [2.45, 2.75) is 6.92 Å². The number of carbonyl (C=O) groups is 1. The van der Waals surface area contributed by atoms with Gasteiger partial charge in [0.1, 0.15) is 5.75 Å². The van der Waals surface area contributed by atoms with Crippen LogP contribution in [0.1, 0.15) is 15.9 Å². The Morgan fingerprint density at radius 3 is 2.67 bits per heavy atom. The van der Waals surface area contributed by atoms with E-state index in [4.69, 9.17) is 21.1 Å². The maximum Gasteiger partial charge on any atom is 0.254 e. The number of rotatable bonds is 2. The van der Waals surface area contributed by atoms with Crippen molar-refractivity contribution < 1.29 is 14.3 Å². The molecule has 98 valence electrons. The lowest BCUT2D eigenvalue weighted by Gasteiger charge is -2.27. The Labute approximate surface area is 111 Å². The Morgan fingerprint density at radius 2 is 2.06 bits per heavy atom. The summed E-state index contributed by atoms with van der Waals surface area (Å²) in [4.78, 5) is 14.1. The van der Waals surface area contributed by atoms with E-state index in [9.17, 15) is 4.79 Å². The van der Waals surface area contributed by atoms with Crippen LogP contribution in [0, 0.1) is 6.92 Å². The van der Waals surface area contributed by atoms with Crippen molar-refractivity contribution in [3.63, 3.8) is 0 Å². The Kier molecular flexibility index (Phi) is 4.09. The molecule has 0 N–H and O–H groups in total. The van der Waals surface area contributed by atoms with Crippen molar-refractivity contribution >= 4 is 17.5 Å². The smallest absolute Gasteiger partial charge is 0.254 e. The molecule has 0 unspecified atom stereocenters. The molecule has 2 rings (SSSR count). The second-order valence-corrected chi connectivity index (χ2v) is 4.61. The molecule has 0 bridgehead atoms. The molecular formula is C13H16ClNO3. The van der Waals surface area contributed by atoms with Crippen LogP contribution in [0.3, 0.4) is 0 Å². The molecule has 1 aromatic rings. The van der Waals surface area contributed by atoms with Crippen LogP contribution < -0.4 is 4.74 Å². The number of methoxy groups -OCH3 is 1. The highest BCUT2D eigenvalue weighted by Crippen LogP contribution is 2.28. The van der Waals surface area contributed by atoms with Gasteiger partial charge in [-0.25, -0.2) is 0 Å². The van der Waals surface area contributed by atoms with Crippen LogP contribution >= 0.6 is 11.6 Å². The summed E-state index contributed by atoms with van der Waals surface area (Å²) in [6.45, 7) is 4.32. The van der Waals surface area contributed by atoms with Crippen molar-refractivity contribution in [2.24, 2.45) is 0 Å². The number of ether oxygens (including phenoxy) is 2. The molecule has 0 spiro atoms. The van der Waals surface area contributed by atoms with Gasteiger partial charge in [-0.15, -0.1) is 0 Å². The van der Waals surface area contributed by atoms with Gasteiger partial charge in [-0.1, -0.05) is 11.6 Å². The number of aryl methyl sites for hydroxylation is 1. The minimum Gasteiger partial charge on any atom is -0.495 e. The van der Waals surface area contributed by atoms with Crippen molar-refractivity contribution in [1.29, 1.82) is 0 Å². The molecule has 4 nitrogen and oxygen atoms in total. The molecule has 1 aliphatic heterocycles. The van der Waals surface area contributed by atoms with Crippen LogP contribution in [0.2, 0.25) is 5.02 Å². The molecule has 0 radical (unpaired) electrons. The number of hydrogen-bond donors (Lipinski definition) is 0. The lowest BCUT2D eigenvalue weighted by atomic mass is 10.1. The molecule has 1 saturated heterocycles. The van der Waals surface area contributed by atoms with E-state index in [1.54, 1.807) is 24.1 Å². The van der Waals surface area contributed by atoms with Crippen molar-refractivity contribution in [1.82, 2.24) is 4.90 Å². The topological polar surface area (TPSA) is 38.8 Å². The predicted octanol–water partition coefficient (Wildman–Crippen LogP) is 2.13. The summed E-state index contributed by atoms with van der Waals surface area (Å²) in [6, 6.07) is 3.46. The van der Waals surface area contributed by atoms with Gasteiger partial charge < -0.3 is 14.4 Å². The molecule has 1 heterocycles. The first-order valence-corrected chi connectivity index (χ1v) is 6.22. The average Bonchev–Trinajstić information content (AvgIpc) is 2.41. The molecule has 0 saturated carbocycles. The highest BCUT2D eigenvalue weighted by Gasteiger charge is 2.21. The first kappa shape index (κ1) is 13.2. The van der Waals surface area contributed by atoms with Crippen LogP contribution in [0.4, 0.5) is 0 Å².